The molecule has 0 amide bonds. The first-order chi connectivity index (χ1) is 23.0. The third-order valence-corrected chi connectivity index (χ3v) is 10.5. The Kier molecular flexibility index (Phi) is 7.68. The summed E-state index contributed by atoms with van der Waals surface area (Å²) in [6.07, 6.45) is 3.17. The Morgan fingerprint density at radius 1 is 0.833 bits per heavy atom. The fourth-order valence-electron chi connectivity index (χ4n) is 6.09. The minimum atomic E-state index is -4.44. The molecule has 48 heavy (non-hydrogen) atoms. The molecule has 0 N–H and O–H groups in total. The molecule has 0 unspecified atom stereocenters. The minimum absolute atomic E-state index is 0.00945. The highest BCUT2D eigenvalue weighted by Gasteiger charge is 2.30. The predicted octanol–water partition coefficient (Wildman–Crippen LogP) is 6.50. The van der Waals surface area contributed by atoms with Gasteiger partial charge in [-0.05, 0) is 62.2 Å². The smallest absolute Gasteiger partial charge is 0.275 e. The number of hydrogen-bond donors (Lipinski definition) is 0. The summed E-state index contributed by atoms with van der Waals surface area (Å²) in [6.45, 7) is 6.41. The lowest BCUT2D eigenvalue weighted by Gasteiger charge is -2.29. The molecule has 0 spiro atoms. The molecule has 11 heteroatoms. The van der Waals surface area contributed by atoms with Gasteiger partial charge in [0.2, 0.25) is 0 Å². The Labute approximate surface area is 276 Å². The maximum absolute atomic E-state index is 15.5. The zero-order valence-electron chi connectivity index (χ0n) is 26.7. The molecule has 1 aliphatic rings. The molecule has 3 aromatic carbocycles. The zero-order chi connectivity index (χ0) is 33.9. The Morgan fingerprint density at radius 2 is 1.52 bits per heavy atom. The molecule has 244 valence electrons. The summed E-state index contributed by atoms with van der Waals surface area (Å²) >= 11 is 0. The quantitative estimate of drug-likeness (QED) is 0.193. The van der Waals surface area contributed by atoms with Gasteiger partial charge in [0.25, 0.3) is 21.1 Å². The maximum atomic E-state index is 15.5. The van der Waals surface area contributed by atoms with E-state index in [9.17, 15) is 18.0 Å². The van der Waals surface area contributed by atoms with E-state index in [2.05, 4.69) is 0 Å². The lowest BCUT2D eigenvalue weighted by molar-refractivity contribution is -0.0249. The number of fused-ring (bicyclic) bond motifs is 1. The molecule has 0 atom stereocenters. The van der Waals surface area contributed by atoms with Crippen LogP contribution in [-0.2, 0) is 21.8 Å². The summed E-state index contributed by atoms with van der Waals surface area (Å²) in [5.74, 6) is 0.255. The first kappa shape index (κ1) is 31.3. The topological polar surface area (TPSA) is 102 Å². The SMILES string of the molecule is Cc1ccc(S(=O)(=O)n2c(-c3ccccc3F)cc3c(-c4cc(=O)n(C5COC5)cc4Oc4c(C)cccc4C)cn(C)c(=O)c32)cc1. The molecule has 3 aromatic heterocycles. The monoisotopic (exact) mass is 665 g/mol. The number of ether oxygens (including phenoxy) is 2. The van der Waals surface area contributed by atoms with Crippen LogP contribution in [0, 0.1) is 26.6 Å². The molecule has 0 radical (unpaired) electrons. The van der Waals surface area contributed by atoms with Crippen LogP contribution in [0.1, 0.15) is 22.7 Å². The largest absolute Gasteiger partial charge is 0.455 e. The lowest BCUT2D eigenvalue weighted by Crippen LogP contribution is -2.37. The van der Waals surface area contributed by atoms with Gasteiger partial charge in [-0.1, -0.05) is 48.0 Å². The van der Waals surface area contributed by atoms with Crippen LogP contribution >= 0.6 is 0 Å². The molecule has 1 saturated heterocycles. The molecular formula is C37H32FN3O6S. The number of halogens is 1. The molecular weight excluding hydrogens is 633 g/mol. The van der Waals surface area contributed by atoms with Crippen LogP contribution in [0.2, 0.25) is 0 Å². The molecule has 4 heterocycles. The van der Waals surface area contributed by atoms with Crippen molar-refractivity contribution < 1.29 is 22.3 Å². The van der Waals surface area contributed by atoms with E-state index in [0.29, 0.717) is 35.8 Å². The lowest BCUT2D eigenvalue weighted by atomic mass is 10.0. The average Bonchev–Trinajstić information content (AvgIpc) is 3.43. The van der Waals surface area contributed by atoms with Gasteiger partial charge >= 0.3 is 0 Å². The second-order valence-corrected chi connectivity index (χ2v) is 13.9. The van der Waals surface area contributed by atoms with E-state index >= 15 is 4.39 Å². The second kappa shape index (κ2) is 11.8. The number of nitrogens with zero attached hydrogens (tertiary/aromatic N) is 3. The number of pyridine rings is 2. The van der Waals surface area contributed by atoms with Crippen molar-refractivity contribution in [3.05, 3.63) is 134 Å². The van der Waals surface area contributed by atoms with Gasteiger partial charge in [-0.2, -0.15) is 0 Å². The van der Waals surface area contributed by atoms with E-state index < -0.39 is 21.4 Å². The van der Waals surface area contributed by atoms with Crippen LogP contribution < -0.4 is 15.9 Å². The van der Waals surface area contributed by atoms with Crippen LogP contribution in [0.25, 0.3) is 33.3 Å². The number of rotatable bonds is 7. The number of para-hydroxylation sites is 1. The highest BCUT2D eigenvalue weighted by atomic mass is 32.2. The molecule has 7 rings (SSSR count). The molecule has 0 saturated carbocycles. The number of aryl methyl sites for hydroxylation is 4. The highest BCUT2D eigenvalue weighted by Crippen LogP contribution is 2.41. The van der Waals surface area contributed by atoms with Crippen molar-refractivity contribution in [3.8, 4) is 33.9 Å². The van der Waals surface area contributed by atoms with E-state index in [0.717, 1.165) is 20.7 Å². The molecule has 9 nitrogen and oxygen atoms in total. The molecule has 6 aromatic rings. The van der Waals surface area contributed by atoms with Crippen molar-refractivity contribution in [1.82, 2.24) is 13.1 Å². The van der Waals surface area contributed by atoms with Crippen molar-refractivity contribution >= 4 is 20.9 Å². The van der Waals surface area contributed by atoms with Crippen LogP contribution in [0.4, 0.5) is 4.39 Å². The third kappa shape index (κ3) is 5.15. The van der Waals surface area contributed by atoms with Crippen molar-refractivity contribution in [1.29, 1.82) is 0 Å². The van der Waals surface area contributed by atoms with Crippen LogP contribution in [0.5, 0.6) is 11.5 Å². The molecule has 0 aliphatic carbocycles. The fraction of sp³-hybridized carbons (Fsp3) is 0.189. The Balaban J connectivity index is 1.58. The van der Waals surface area contributed by atoms with Gasteiger partial charge in [0.1, 0.15) is 17.1 Å². The van der Waals surface area contributed by atoms with Gasteiger partial charge in [0.05, 0.1) is 36.0 Å². The summed E-state index contributed by atoms with van der Waals surface area (Å²) in [7, 11) is -2.94. The molecule has 1 fully saturated rings. The van der Waals surface area contributed by atoms with E-state index in [4.69, 9.17) is 9.47 Å². The normalized spacial score (nSPS) is 13.5. The number of benzene rings is 3. The van der Waals surface area contributed by atoms with Crippen LogP contribution in [0.3, 0.4) is 0 Å². The van der Waals surface area contributed by atoms with E-state index in [1.54, 1.807) is 35.2 Å². The predicted molar refractivity (Wildman–Crippen MR) is 182 cm³/mol. The summed E-state index contributed by atoms with van der Waals surface area (Å²) < 4.78 is 60.0. The molecule has 0 bridgehead atoms. The van der Waals surface area contributed by atoms with Crippen molar-refractivity contribution in [3.63, 3.8) is 0 Å². The Morgan fingerprint density at radius 3 is 2.17 bits per heavy atom. The molecule has 1 aliphatic heterocycles. The summed E-state index contributed by atoms with van der Waals surface area (Å²) in [5.41, 5.74) is 2.10. The van der Waals surface area contributed by atoms with Crippen LogP contribution in [0.15, 0.2) is 106 Å². The van der Waals surface area contributed by atoms with Gasteiger partial charge in [-0.3, -0.25) is 9.59 Å². The first-order valence-corrected chi connectivity index (χ1v) is 16.8. The number of aromatic nitrogens is 3. The average molecular weight is 666 g/mol. The summed E-state index contributed by atoms with van der Waals surface area (Å²) in [4.78, 5) is 27.5. The second-order valence-electron chi connectivity index (χ2n) is 12.1. The standard InChI is InChI=1S/C37H32FN3O6S/c1-22-12-14-26(15-13-22)48(44,45)41-32(27-10-5-6-11-31(27)38)16-29-30(18-39(4)37(43)35(29)41)28-17-34(42)40(25-20-46-21-25)19-33(28)47-36-23(2)8-7-9-24(36)3/h5-19,25H,20-21H2,1-4H3. The van der Waals surface area contributed by atoms with Gasteiger partial charge in [0, 0.05) is 41.4 Å². The Bertz CT molecular complexity index is 2450. The highest BCUT2D eigenvalue weighted by molar-refractivity contribution is 7.90. The van der Waals surface area contributed by atoms with Crippen molar-refractivity contribution in [2.45, 2.75) is 31.7 Å². The summed E-state index contributed by atoms with van der Waals surface area (Å²) in [6, 6.07) is 20.5. The third-order valence-electron chi connectivity index (χ3n) is 8.77. The van der Waals surface area contributed by atoms with Crippen molar-refractivity contribution in [2.75, 3.05) is 13.2 Å². The van der Waals surface area contributed by atoms with Gasteiger partial charge in [-0.15, -0.1) is 0 Å². The van der Waals surface area contributed by atoms with Gasteiger partial charge in [-0.25, -0.2) is 16.8 Å². The fourth-order valence-corrected chi connectivity index (χ4v) is 7.60. The number of hydrogen-bond acceptors (Lipinski definition) is 6. The van der Waals surface area contributed by atoms with Crippen LogP contribution in [-0.4, -0.2) is 34.7 Å². The van der Waals surface area contributed by atoms with Gasteiger partial charge < -0.3 is 18.6 Å². The van der Waals surface area contributed by atoms with E-state index in [1.165, 1.54) is 54.1 Å². The van der Waals surface area contributed by atoms with Crippen molar-refractivity contribution in [2.24, 2.45) is 7.05 Å². The first-order valence-electron chi connectivity index (χ1n) is 15.4. The Hall–Kier alpha value is -5.26. The van der Waals surface area contributed by atoms with E-state index in [1.807, 2.05) is 39.0 Å². The van der Waals surface area contributed by atoms with E-state index in [-0.39, 0.29) is 38.7 Å². The van der Waals surface area contributed by atoms with Gasteiger partial charge in [0.15, 0.2) is 5.75 Å². The minimum Gasteiger partial charge on any atom is -0.455 e. The maximum Gasteiger partial charge on any atom is 0.275 e. The summed E-state index contributed by atoms with van der Waals surface area (Å²) in [5, 5.41) is 0.211. The zero-order valence-corrected chi connectivity index (χ0v) is 27.5.